The van der Waals surface area contributed by atoms with Crippen LogP contribution in [0.5, 0.6) is 0 Å². The molecule has 0 aliphatic heterocycles. The van der Waals surface area contributed by atoms with Gasteiger partial charge in [-0.1, -0.05) is 0 Å². The fraction of sp³-hybridized carbons (Fsp3) is 0.375. The summed E-state index contributed by atoms with van der Waals surface area (Å²) >= 11 is 0. The van der Waals surface area contributed by atoms with Crippen LogP contribution in [-0.4, -0.2) is 23.2 Å². The van der Waals surface area contributed by atoms with Crippen molar-refractivity contribution >= 4 is 5.69 Å². The molecule has 0 fully saturated rings. The summed E-state index contributed by atoms with van der Waals surface area (Å²) in [5.41, 5.74) is 0.691. The lowest BCUT2D eigenvalue weighted by Gasteiger charge is -2.03. The highest BCUT2D eigenvalue weighted by Gasteiger charge is 1.93. The third-order valence-electron chi connectivity index (χ3n) is 1.39. The first-order chi connectivity index (χ1) is 5.83. The Morgan fingerprint density at radius 3 is 3.08 bits per heavy atom. The maximum atomic E-state index is 12.5. The molecule has 1 aromatic heterocycles. The monoisotopic (exact) mass is 170 g/mol. The van der Waals surface area contributed by atoms with Gasteiger partial charge in [-0.3, -0.25) is 0 Å². The molecule has 0 saturated carbocycles. The molecule has 3 nitrogen and oxygen atoms in total. The standard InChI is InChI=1S/C8H11FN2O/c9-8-6-7(2-4-11-8)10-3-1-5-12/h2,4,6,12H,1,3,5H2,(H,10,11). The highest BCUT2D eigenvalue weighted by atomic mass is 19.1. The van der Waals surface area contributed by atoms with Gasteiger partial charge < -0.3 is 10.4 Å². The van der Waals surface area contributed by atoms with Crippen LogP contribution in [0.4, 0.5) is 10.1 Å². The second-order valence-corrected chi connectivity index (χ2v) is 2.37. The minimum atomic E-state index is -0.496. The number of rotatable bonds is 4. The van der Waals surface area contributed by atoms with Crippen LogP contribution in [0.25, 0.3) is 0 Å². The highest BCUT2D eigenvalue weighted by Crippen LogP contribution is 2.05. The molecule has 4 heteroatoms. The lowest BCUT2D eigenvalue weighted by atomic mass is 10.4. The number of hydrogen-bond acceptors (Lipinski definition) is 3. The molecule has 0 radical (unpaired) electrons. The van der Waals surface area contributed by atoms with E-state index in [-0.39, 0.29) is 6.61 Å². The number of anilines is 1. The molecule has 0 atom stereocenters. The van der Waals surface area contributed by atoms with Gasteiger partial charge in [0.15, 0.2) is 0 Å². The van der Waals surface area contributed by atoms with Crippen LogP contribution < -0.4 is 5.32 Å². The van der Waals surface area contributed by atoms with E-state index in [0.29, 0.717) is 18.7 Å². The van der Waals surface area contributed by atoms with E-state index in [2.05, 4.69) is 10.3 Å². The number of nitrogens with zero attached hydrogens (tertiary/aromatic N) is 1. The molecule has 0 amide bonds. The van der Waals surface area contributed by atoms with Crippen LogP contribution >= 0.6 is 0 Å². The topological polar surface area (TPSA) is 45.1 Å². The van der Waals surface area contributed by atoms with Crippen molar-refractivity contribution < 1.29 is 9.50 Å². The van der Waals surface area contributed by atoms with Gasteiger partial charge in [0.05, 0.1) is 0 Å². The number of halogens is 1. The Bertz CT molecular complexity index is 242. The van der Waals surface area contributed by atoms with Crippen LogP contribution in [-0.2, 0) is 0 Å². The van der Waals surface area contributed by atoms with E-state index in [4.69, 9.17) is 5.11 Å². The molecule has 0 aliphatic carbocycles. The van der Waals surface area contributed by atoms with Gasteiger partial charge in [-0.2, -0.15) is 4.39 Å². The minimum absolute atomic E-state index is 0.139. The second kappa shape index (κ2) is 4.66. The van der Waals surface area contributed by atoms with Gasteiger partial charge in [0.1, 0.15) is 0 Å². The maximum absolute atomic E-state index is 12.5. The Labute approximate surface area is 70.3 Å². The fourth-order valence-electron chi connectivity index (χ4n) is 0.824. The average Bonchev–Trinajstić information content (AvgIpc) is 2.05. The molecule has 0 spiro atoms. The van der Waals surface area contributed by atoms with E-state index in [9.17, 15) is 4.39 Å². The Hall–Kier alpha value is -1.16. The number of hydrogen-bond donors (Lipinski definition) is 2. The fourth-order valence-corrected chi connectivity index (χ4v) is 0.824. The third-order valence-corrected chi connectivity index (χ3v) is 1.39. The van der Waals surface area contributed by atoms with Gasteiger partial charge in [-0.15, -0.1) is 0 Å². The molecule has 1 rings (SSSR count). The number of aliphatic hydroxyl groups excluding tert-OH is 1. The Kier molecular flexibility index (Phi) is 3.47. The quantitative estimate of drug-likeness (QED) is 0.523. The number of nitrogens with one attached hydrogen (secondary N) is 1. The first kappa shape index (κ1) is 8.93. The molecule has 12 heavy (non-hydrogen) atoms. The van der Waals surface area contributed by atoms with Crippen molar-refractivity contribution in [1.82, 2.24) is 4.98 Å². The highest BCUT2D eigenvalue weighted by molar-refractivity contribution is 5.40. The zero-order chi connectivity index (χ0) is 8.81. The van der Waals surface area contributed by atoms with Crippen molar-refractivity contribution in [2.24, 2.45) is 0 Å². The van der Waals surface area contributed by atoms with Gasteiger partial charge in [0.2, 0.25) is 5.95 Å². The summed E-state index contributed by atoms with van der Waals surface area (Å²) in [5.74, 6) is -0.496. The van der Waals surface area contributed by atoms with Crippen molar-refractivity contribution in [3.8, 4) is 0 Å². The largest absolute Gasteiger partial charge is 0.396 e. The van der Waals surface area contributed by atoms with Crippen LogP contribution in [0.1, 0.15) is 6.42 Å². The van der Waals surface area contributed by atoms with Crippen LogP contribution in [0.15, 0.2) is 18.3 Å². The summed E-state index contributed by atoms with van der Waals surface area (Å²) in [5, 5.41) is 11.4. The molecule has 2 N–H and O–H groups in total. The van der Waals surface area contributed by atoms with E-state index in [1.165, 1.54) is 12.3 Å². The molecular formula is C8H11FN2O. The van der Waals surface area contributed by atoms with E-state index < -0.39 is 5.95 Å². The second-order valence-electron chi connectivity index (χ2n) is 2.37. The lowest BCUT2D eigenvalue weighted by Crippen LogP contribution is -2.03. The van der Waals surface area contributed by atoms with Crippen molar-refractivity contribution in [3.63, 3.8) is 0 Å². The SMILES string of the molecule is OCCCNc1ccnc(F)c1. The summed E-state index contributed by atoms with van der Waals surface area (Å²) in [6.45, 7) is 0.778. The minimum Gasteiger partial charge on any atom is -0.396 e. The van der Waals surface area contributed by atoms with Gasteiger partial charge >= 0.3 is 0 Å². The Morgan fingerprint density at radius 1 is 1.58 bits per heavy atom. The zero-order valence-electron chi connectivity index (χ0n) is 6.63. The summed E-state index contributed by atoms with van der Waals surface area (Å²) in [6, 6.07) is 3.00. The molecule has 1 aromatic rings. The molecule has 0 saturated heterocycles. The number of aromatic nitrogens is 1. The number of aliphatic hydroxyl groups is 1. The average molecular weight is 170 g/mol. The van der Waals surface area contributed by atoms with Crippen LogP contribution in [0.2, 0.25) is 0 Å². The predicted molar refractivity (Wildman–Crippen MR) is 44.4 cm³/mol. The first-order valence-corrected chi connectivity index (χ1v) is 3.79. The molecule has 0 bridgehead atoms. The molecule has 0 unspecified atom stereocenters. The number of pyridine rings is 1. The van der Waals surface area contributed by atoms with Gasteiger partial charge in [-0.05, 0) is 12.5 Å². The molecule has 1 heterocycles. The normalized spacial score (nSPS) is 9.83. The zero-order valence-corrected chi connectivity index (χ0v) is 6.63. The van der Waals surface area contributed by atoms with E-state index in [0.717, 1.165) is 0 Å². The van der Waals surface area contributed by atoms with Gasteiger partial charge in [0, 0.05) is 31.1 Å². The van der Waals surface area contributed by atoms with E-state index >= 15 is 0 Å². The lowest BCUT2D eigenvalue weighted by molar-refractivity contribution is 0.292. The van der Waals surface area contributed by atoms with Crippen molar-refractivity contribution in [3.05, 3.63) is 24.3 Å². The molecular weight excluding hydrogens is 159 g/mol. The first-order valence-electron chi connectivity index (χ1n) is 3.79. The summed E-state index contributed by atoms with van der Waals surface area (Å²) in [7, 11) is 0. The van der Waals surface area contributed by atoms with Crippen molar-refractivity contribution in [2.75, 3.05) is 18.5 Å². The van der Waals surface area contributed by atoms with Crippen molar-refractivity contribution in [1.29, 1.82) is 0 Å². The van der Waals surface area contributed by atoms with E-state index in [1.807, 2.05) is 0 Å². The third kappa shape index (κ3) is 2.84. The smallest absolute Gasteiger partial charge is 0.214 e. The maximum Gasteiger partial charge on any atom is 0.214 e. The van der Waals surface area contributed by atoms with Gasteiger partial charge in [-0.25, -0.2) is 4.98 Å². The van der Waals surface area contributed by atoms with Crippen LogP contribution in [0.3, 0.4) is 0 Å². The summed E-state index contributed by atoms with van der Waals surface area (Å²) in [6.07, 6.45) is 2.06. The molecule has 0 aromatic carbocycles. The van der Waals surface area contributed by atoms with E-state index in [1.54, 1.807) is 6.07 Å². The molecule has 0 aliphatic rings. The summed E-state index contributed by atoms with van der Waals surface area (Å²) in [4.78, 5) is 3.41. The van der Waals surface area contributed by atoms with Gasteiger partial charge in [0.25, 0.3) is 0 Å². The van der Waals surface area contributed by atoms with Crippen molar-refractivity contribution in [2.45, 2.75) is 6.42 Å². The molecule has 66 valence electrons. The van der Waals surface area contributed by atoms with Crippen LogP contribution in [0, 0.1) is 5.95 Å². The predicted octanol–water partition coefficient (Wildman–Crippen LogP) is 1.01. The summed E-state index contributed by atoms with van der Waals surface area (Å²) < 4.78 is 12.5. The Morgan fingerprint density at radius 2 is 2.42 bits per heavy atom. The Balaban J connectivity index is 2.41.